The molecule has 2 N–H and O–H groups in total. The molecular formula is C13H17NO2S. The summed E-state index contributed by atoms with van der Waals surface area (Å²) in [7, 11) is 0. The molecule has 1 aliphatic heterocycles. The van der Waals surface area contributed by atoms with Crippen LogP contribution in [0.15, 0.2) is 29.2 Å². The third-order valence-corrected chi connectivity index (χ3v) is 4.18. The van der Waals surface area contributed by atoms with Gasteiger partial charge in [-0.25, -0.2) is 0 Å². The molecule has 2 rings (SSSR count). The van der Waals surface area contributed by atoms with Gasteiger partial charge in [0.25, 0.3) is 0 Å². The SMILES string of the molecule is CCOC(=O)C(N)CC1CSc2ccccc21. The fourth-order valence-electron chi connectivity index (χ4n) is 2.08. The maximum absolute atomic E-state index is 11.5. The van der Waals surface area contributed by atoms with E-state index in [1.807, 2.05) is 23.9 Å². The molecular weight excluding hydrogens is 234 g/mol. The summed E-state index contributed by atoms with van der Waals surface area (Å²) in [6, 6.07) is 7.81. The first-order valence-electron chi connectivity index (χ1n) is 5.86. The van der Waals surface area contributed by atoms with Crippen LogP contribution in [0.1, 0.15) is 24.8 Å². The number of ether oxygens (including phenoxy) is 1. The summed E-state index contributed by atoms with van der Waals surface area (Å²) in [5.74, 6) is 1.09. The average Bonchev–Trinajstić information content (AvgIpc) is 2.73. The van der Waals surface area contributed by atoms with Crippen molar-refractivity contribution in [3.05, 3.63) is 29.8 Å². The van der Waals surface area contributed by atoms with Crippen LogP contribution >= 0.6 is 11.8 Å². The van der Waals surface area contributed by atoms with Crippen molar-refractivity contribution in [3.8, 4) is 0 Å². The average molecular weight is 251 g/mol. The Balaban J connectivity index is 1.99. The molecule has 1 aliphatic rings. The smallest absolute Gasteiger partial charge is 0.322 e. The van der Waals surface area contributed by atoms with Gasteiger partial charge in [-0.2, -0.15) is 0 Å². The van der Waals surface area contributed by atoms with Gasteiger partial charge in [-0.3, -0.25) is 4.79 Å². The number of hydrogen-bond donors (Lipinski definition) is 1. The van der Waals surface area contributed by atoms with Crippen molar-refractivity contribution in [2.45, 2.75) is 30.2 Å². The number of carbonyl (C=O) groups is 1. The van der Waals surface area contributed by atoms with Gasteiger partial charge in [0.1, 0.15) is 6.04 Å². The highest BCUT2D eigenvalue weighted by Gasteiger charge is 2.27. The molecule has 0 radical (unpaired) electrons. The lowest BCUT2D eigenvalue weighted by Crippen LogP contribution is -2.34. The second-order valence-electron chi connectivity index (χ2n) is 4.14. The zero-order valence-corrected chi connectivity index (χ0v) is 10.7. The Labute approximate surface area is 106 Å². The fourth-order valence-corrected chi connectivity index (χ4v) is 3.35. The topological polar surface area (TPSA) is 52.3 Å². The number of esters is 1. The summed E-state index contributed by atoms with van der Waals surface area (Å²) in [6.45, 7) is 2.19. The van der Waals surface area contributed by atoms with Crippen molar-refractivity contribution in [2.75, 3.05) is 12.4 Å². The summed E-state index contributed by atoms with van der Waals surface area (Å²) in [5, 5.41) is 0. The van der Waals surface area contributed by atoms with E-state index in [-0.39, 0.29) is 5.97 Å². The van der Waals surface area contributed by atoms with Crippen LogP contribution in [0.5, 0.6) is 0 Å². The van der Waals surface area contributed by atoms with Crippen LogP contribution in [0.25, 0.3) is 0 Å². The number of thioether (sulfide) groups is 1. The summed E-state index contributed by atoms with van der Waals surface area (Å²) in [5.41, 5.74) is 7.17. The van der Waals surface area contributed by atoms with Crippen LogP contribution in [0, 0.1) is 0 Å². The van der Waals surface area contributed by atoms with Crippen LogP contribution in [-0.4, -0.2) is 24.4 Å². The number of nitrogens with two attached hydrogens (primary N) is 1. The molecule has 0 saturated heterocycles. The molecule has 1 aromatic carbocycles. The molecule has 1 heterocycles. The number of rotatable bonds is 4. The van der Waals surface area contributed by atoms with Gasteiger partial charge in [0, 0.05) is 10.6 Å². The van der Waals surface area contributed by atoms with Gasteiger partial charge < -0.3 is 10.5 Å². The van der Waals surface area contributed by atoms with Gasteiger partial charge in [0.2, 0.25) is 0 Å². The second-order valence-corrected chi connectivity index (χ2v) is 5.20. The molecule has 3 nitrogen and oxygen atoms in total. The van der Waals surface area contributed by atoms with Crippen LogP contribution in [0.4, 0.5) is 0 Å². The van der Waals surface area contributed by atoms with Gasteiger partial charge in [-0.05, 0) is 30.9 Å². The predicted molar refractivity (Wildman–Crippen MR) is 69.1 cm³/mol. The van der Waals surface area contributed by atoms with Crippen molar-refractivity contribution in [3.63, 3.8) is 0 Å². The van der Waals surface area contributed by atoms with Crippen LogP contribution in [0.2, 0.25) is 0 Å². The first kappa shape index (κ1) is 12.5. The molecule has 1 aromatic rings. The van der Waals surface area contributed by atoms with E-state index in [0.717, 1.165) is 5.75 Å². The Morgan fingerprint density at radius 1 is 1.59 bits per heavy atom. The van der Waals surface area contributed by atoms with Gasteiger partial charge in [-0.1, -0.05) is 18.2 Å². The zero-order valence-electron chi connectivity index (χ0n) is 9.89. The zero-order chi connectivity index (χ0) is 12.3. The van der Waals surface area contributed by atoms with Crippen LogP contribution in [-0.2, 0) is 9.53 Å². The van der Waals surface area contributed by atoms with E-state index in [1.54, 1.807) is 6.92 Å². The first-order valence-corrected chi connectivity index (χ1v) is 6.85. The van der Waals surface area contributed by atoms with E-state index in [1.165, 1.54) is 10.5 Å². The minimum absolute atomic E-state index is 0.290. The van der Waals surface area contributed by atoms with Gasteiger partial charge >= 0.3 is 5.97 Å². The maximum atomic E-state index is 11.5. The fraction of sp³-hybridized carbons (Fsp3) is 0.462. The van der Waals surface area contributed by atoms with Gasteiger partial charge in [0.15, 0.2) is 0 Å². The third kappa shape index (κ3) is 2.82. The molecule has 17 heavy (non-hydrogen) atoms. The Morgan fingerprint density at radius 2 is 2.35 bits per heavy atom. The molecule has 0 aromatic heterocycles. The molecule has 4 heteroatoms. The Morgan fingerprint density at radius 3 is 3.12 bits per heavy atom. The predicted octanol–water partition coefficient (Wildman–Crippen LogP) is 2.16. The van der Waals surface area contributed by atoms with Crippen molar-refractivity contribution in [2.24, 2.45) is 5.73 Å². The summed E-state index contributed by atoms with van der Waals surface area (Å²) in [4.78, 5) is 12.8. The van der Waals surface area contributed by atoms with E-state index in [9.17, 15) is 4.79 Å². The van der Waals surface area contributed by atoms with E-state index in [0.29, 0.717) is 18.9 Å². The Hall–Kier alpha value is -1.00. The van der Waals surface area contributed by atoms with E-state index in [2.05, 4.69) is 12.1 Å². The van der Waals surface area contributed by atoms with E-state index >= 15 is 0 Å². The lowest BCUT2D eigenvalue weighted by molar-refractivity contribution is -0.144. The maximum Gasteiger partial charge on any atom is 0.322 e. The highest BCUT2D eigenvalue weighted by molar-refractivity contribution is 7.99. The number of hydrogen-bond acceptors (Lipinski definition) is 4. The molecule has 2 unspecified atom stereocenters. The van der Waals surface area contributed by atoms with E-state index in [4.69, 9.17) is 10.5 Å². The standard InChI is InChI=1S/C13H17NO2S/c1-2-16-13(15)11(14)7-9-8-17-12-6-4-3-5-10(9)12/h3-6,9,11H,2,7-8,14H2,1H3. The largest absolute Gasteiger partial charge is 0.465 e. The Kier molecular flexibility index (Phi) is 4.07. The number of fused-ring (bicyclic) bond motifs is 1. The molecule has 2 atom stereocenters. The van der Waals surface area contributed by atoms with Crippen molar-refractivity contribution in [1.29, 1.82) is 0 Å². The third-order valence-electron chi connectivity index (χ3n) is 2.93. The normalized spacial score (nSPS) is 19.8. The minimum Gasteiger partial charge on any atom is -0.465 e. The van der Waals surface area contributed by atoms with Crippen LogP contribution < -0.4 is 5.73 Å². The monoisotopic (exact) mass is 251 g/mol. The Bertz CT molecular complexity index is 408. The molecule has 0 fully saturated rings. The molecule has 0 amide bonds. The van der Waals surface area contributed by atoms with E-state index < -0.39 is 6.04 Å². The number of carbonyl (C=O) groups excluding carboxylic acids is 1. The molecule has 92 valence electrons. The quantitative estimate of drug-likeness (QED) is 0.833. The van der Waals surface area contributed by atoms with Gasteiger partial charge in [-0.15, -0.1) is 11.8 Å². The minimum atomic E-state index is -0.508. The molecule has 0 bridgehead atoms. The van der Waals surface area contributed by atoms with Crippen molar-refractivity contribution >= 4 is 17.7 Å². The lowest BCUT2D eigenvalue weighted by Gasteiger charge is -2.15. The number of benzene rings is 1. The highest BCUT2D eigenvalue weighted by Crippen LogP contribution is 2.41. The molecule has 0 saturated carbocycles. The first-order chi connectivity index (χ1) is 8.22. The molecule has 0 aliphatic carbocycles. The summed E-state index contributed by atoms with van der Waals surface area (Å²) < 4.78 is 4.93. The van der Waals surface area contributed by atoms with Crippen LogP contribution in [0.3, 0.4) is 0 Å². The second kappa shape index (κ2) is 5.56. The van der Waals surface area contributed by atoms with Crippen molar-refractivity contribution < 1.29 is 9.53 Å². The summed E-state index contributed by atoms with van der Waals surface area (Å²) in [6.07, 6.45) is 0.669. The lowest BCUT2D eigenvalue weighted by atomic mass is 9.94. The van der Waals surface area contributed by atoms with Gasteiger partial charge in [0.05, 0.1) is 6.61 Å². The van der Waals surface area contributed by atoms with Crippen molar-refractivity contribution in [1.82, 2.24) is 0 Å². The summed E-state index contributed by atoms with van der Waals surface area (Å²) >= 11 is 1.84. The highest BCUT2D eigenvalue weighted by atomic mass is 32.2. The molecule has 0 spiro atoms.